The van der Waals surface area contributed by atoms with E-state index < -0.39 is 21.5 Å². The summed E-state index contributed by atoms with van der Waals surface area (Å²) in [6, 6.07) is 0. The molecule has 1 aliphatic carbocycles. The Morgan fingerprint density at radius 3 is 2.50 bits per heavy atom. The molecule has 0 bridgehead atoms. The van der Waals surface area contributed by atoms with Gasteiger partial charge in [0.1, 0.15) is 0 Å². The van der Waals surface area contributed by atoms with Crippen molar-refractivity contribution in [1.82, 2.24) is 4.72 Å². The Bertz CT molecular complexity index is 455. The first-order valence-corrected chi connectivity index (χ1v) is 9.60. The van der Waals surface area contributed by atoms with E-state index in [0.717, 1.165) is 12.8 Å². The molecule has 1 rings (SSSR count). The molecule has 0 heterocycles. The van der Waals surface area contributed by atoms with Gasteiger partial charge in [-0.15, -0.1) is 0 Å². The Morgan fingerprint density at radius 2 is 1.95 bits per heavy atom. The molecule has 1 saturated carbocycles. The van der Waals surface area contributed by atoms with Crippen molar-refractivity contribution < 1.29 is 23.1 Å². The smallest absolute Gasteiger partial charge is 0.303 e. The van der Waals surface area contributed by atoms with Crippen LogP contribution in [-0.4, -0.2) is 43.5 Å². The van der Waals surface area contributed by atoms with Gasteiger partial charge in [0.25, 0.3) is 0 Å². The van der Waals surface area contributed by atoms with Crippen LogP contribution in [0.25, 0.3) is 0 Å². The predicted molar refractivity (Wildman–Crippen MR) is 85.2 cm³/mol. The summed E-state index contributed by atoms with van der Waals surface area (Å²) in [6.45, 7) is 5.71. The van der Waals surface area contributed by atoms with Gasteiger partial charge in [0.2, 0.25) is 10.0 Å². The molecule has 0 spiro atoms. The van der Waals surface area contributed by atoms with Crippen molar-refractivity contribution in [2.75, 3.05) is 12.4 Å². The molecule has 1 unspecified atom stereocenters. The first-order valence-electron chi connectivity index (χ1n) is 7.95. The molecule has 1 atom stereocenters. The van der Waals surface area contributed by atoms with Gasteiger partial charge in [-0.05, 0) is 39.0 Å². The molecule has 130 valence electrons. The number of hydrogen-bond donors (Lipinski definition) is 2. The summed E-state index contributed by atoms with van der Waals surface area (Å²) in [6.07, 6.45) is 5.00. The predicted octanol–water partition coefficient (Wildman–Crippen LogP) is 2.14. The summed E-state index contributed by atoms with van der Waals surface area (Å²) in [5.74, 6) is -1.02. The zero-order valence-electron chi connectivity index (χ0n) is 13.8. The van der Waals surface area contributed by atoms with Crippen molar-refractivity contribution in [2.45, 2.75) is 70.9 Å². The maximum absolute atomic E-state index is 12.2. The normalized spacial score (nSPS) is 18.5. The Labute approximate surface area is 133 Å². The van der Waals surface area contributed by atoms with E-state index in [1.165, 1.54) is 12.8 Å². The van der Waals surface area contributed by atoms with Gasteiger partial charge < -0.3 is 9.84 Å². The Morgan fingerprint density at radius 1 is 1.36 bits per heavy atom. The Kier molecular flexibility index (Phi) is 7.28. The summed E-state index contributed by atoms with van der Waals surface area (Å²) in [7, 11) is -3.46. The van der Waals surface area contributed by atoms with E-state index >= 15 is 0 Å². The molecule has 0 saturated heterocycles. The fraction of sp³-hybridized carbons (Fsp3) is 0.933. The van der Waals surface area contributed by atoms with Crippen molar-refractivity contribution in [2.24, 2.45) is 5.92 Å². The number of carboxylic acid groups (broad SMARTS) is 1. The van der Waals surface area contributed by atoms with E-state index in [1.807, 2.05) is 6.92 Å². The molecule has 0 aromatic rings. The number of ether oxygens (including phenoxy) is 1. The average molecular weight is 335 g/mol. The van der Waals surface area contributed by atoms with Crippen LogP contribution in [0.1, 0.15) is 59.3 Å². The highest BCUT2D eigenvalue weighted by atomic mass is 32.2. The lowest BCUT2D eigenvalue weighted by atomic mass is 10.0. The molecule has 2 N–H and O–H groups in total. The van der Waals surface area contributed by atoms with E-state index in [9.17, 15) is 13.2 Å². The van der Waals surface area contributed by atoms with Crippen molar-refractivity contribution in [3.05, 3.63) is 0 Å². The van der Waals surface area contributed by atoms with Crippen LogP contribution in [0.5, 0.6) is 0 Å². The third kappa shape index (κ3) is 8.10. The second-order valence-electron chi connectivity index (χ2n) is 7.01. The van der Waals surface area contributed by atoms with Gasteiger partial charge in [-0.2, -0.15) is 0 Å². The first kappa shape index (κ1) is 19.4. The fourth-order valence-electron chi connectivity index (χ4n) is 2.71. The summed E-state index contributed by atoms with van der Waals surface area (Å²) in [5, 5.41) is 8.70. The molecule has 0 aromatic carbocycles. The largest absolute Gasteiger partial charge is 0.481 e. The minimum absolute atomic E-state index is 0.00375. The van der Waals surface area contributed by atoms with Crippen LogP contribution < -0.4 is 4.72 Å². The number of aliphatic carboxylic acids is 1. The highest BCUT2D eigenvalue weighted by Gasteiger charge is 2.27. The van der Waals surface area contributed by atoms with E-state index in [1.54, 1.807) is 13.8 Å². The monoisotopic (exact) mass is 335 g/mol. The second-order valence-corrected chi connectivity index (χ2v) is 8.77. The maximum atomic E-state index is 12.2. The first-order chi connectivity index (χ1) is 10.1. The quantitative estimate of drug-likeness (QED) is 0.638. The SMILES string of the molecule is CC(COC1CCCC1)CS(=O)(=O)NC(C)(C)CCC(=O)O. The summed E-state index contributed by atoms with van der Waals surface area (Å²) in [5.41, 5.74) is -0.761. The van der Waals surface area contributed by atoms with Crippen LogP contribution in [0, 0.1) is 5.92 Å². The Hall–Kier alpha value is -0.660. The third-order valence-electron chi connectivity index (χ3n) is 3.82. The number of hydrogen-bond acceptors (Lipinski definition) is 4. The molecule has 0 aliphatic heterocycles. The van der Waals surface area contributed by atoms with Gasteiger partial charge >= 0.3 is 5.97 Å². The van der Waals surface area contributed by atoms with Crippen LogP contribution in [0.4, 0.5) is 0 Å². The van der Waals surface area contributed by atoms with Crippen molar-refractivity contribution in [3.8, 4) is 0 Å². The molecular weight excluding hydrogens is 306 g/mol. The van der Waals surface area contributed by atoms with Gasteiger partial charge in [-0.3, -0.25) is 4.79 Å². The Balaban J connectivity index is 2.39. The lowest BCUT2D eigenvalue weighted by Crippen LogP contribution is -2.45. The number of nitrogens with one attached hydrogen (secondary N) is 1. The lowest BCUT2D eigenvalue weighted by Gasteiger charge is -2.26. The molecule has 1 fully saturated rings. The minimum Gasteiger partial charge on any atom is -0.481 e. The van der Waals surface area contributed by atoms with Crippen LogP contribution >= 0.6 is 0 Å². The maximum Gasteiger partial charge on any atom is 0.303 e. The van der Waals surface area contributed by atoms with Gasteiger partial charge in [-0.25, -0.2) is 13.1 Å². The topological polar surface area (TPSA) is 92.7 Å². The van der Waals surface area contributed by atoms with Gasteiger partial charge in [0.15, 0.2) is 0 Å². The highest BCUT2D eigenvalue weighted by Crippen LogP contribution is 2.21. The van der Waals surface area contributed by atoms with E-state index in [-0.39, 0.29) is 30.6 Å². The van der Waals surface area contributed by atoms with Gasteiger partial charge in [0.05, 0.1) is 18.5 Å². The zero-order valence-corrected chi connectivity index (χ0v) is 14.6. The summed E-state index contributed by atoms with van der Waals surface area (Å²) < 4.78 is 32.7. The number of rotatable bonds is 10. The van der Waals surface area contributed by atoms with Crippen LogP contribution in [0.3, 0.4) is 0 Å². The van der Waals surface area contributed by atoms with Crippen LogP contribution in [0.2, 0.25) is 0 Å². The van der Waals surface area contributed by atoms with Crippen molar-refractivity contribution in [3.63, 3.8) is 0 Å². The van der Waals surface area contributed by atoms with E-state index in [4.69, 9.17) is 9.84 Å². The summed E-state index contributed by atoms with van der Waals surface area (Å²) >= 11 is 0. The third-order valence-corrected chi connectivity index (χ3v) is 5.69. The number of sulfonamides is 1. The molecule has 22 heavy (non-hydrogen) atoms. The lowest BCUT2D eigenvalue weighted by molar-refractivity contribution is -0.137. The fourth-order valence-corrected chi connectivity index (χ4v) is 4.58. The molecule has 0 amide bonds. The molecule has 0 radical (unpaired) electrons. The minimum atomic E-state index is -3.46. The second kappa shape index (κ2) is 8.26. The number of carbonyl (C=O) groups is 1. The van der Waals surface area contributed by atoms with Crippen molar-refractivity contribution >= 4 is 16.0 Å². The molecular formula is C15H29NO5S. The number of carboxylic acids is 1. The molecule has 1 aliphatic rings. The molecule has 0 aromatic heterocycles. The van der Waals surface area contributed by atoms with E-state index in [2.05, 4.69) is 4.72 Å². The zero-order chi connectivity index (χ0) is 16.8. The highest BCUT2D eigenvalue weighted by molar-refractivity contribution is 7.89. The van der Waals surface area contributed by atoms with Gasteiger partial charge in [-0.1, -0.05) is 19.8 Å². The molecule has 7 heteroatoms. The molecule has 6 nitrogen and oxygen atoms in total. The average Bonchev–Trinajstić information content (AvgIpc) is 2.85. The summed E-state index contributed by atoms with van der Waals surface area (Å²) in [4.78, 5) is 10.6. The van der Waals surface area contributed by atoms with Crippen molar-refractivity contribution in [1.29, 1.82) is 0 Å². The van der Waals surface area contributed by atoms with Crippen LogP contribution in [0.15, 0.2) is 0 Å². The standard InChI is InChI=1S/C15H29NO5S/c1-12(10-21-13-6-4-5-7-13)11-22(19,20)16-15(2,3)9-8-14(17)18/h12-13,16H,4-11H2,1-3H3,(H,17,18). The van der Waals surface area contributed by atoms with Gasteiger partial charge in [0, 0.05) is 12.0 Å². The van der Waals surface area contributed by atoms with Crippen LogP contribution in [-0.2, 0) is 19.6 Å². The van der Waals surface area contributed by atoms with E-state index in [0.29, 0.717) is 6.61 Å².